The van der Waals surface area contributed by atoms with Gasteiger partial charge in [-0.1, -0.05) is 12.1 Å². The molecule has 0 bridgehead atoms. The molecular weight excluding hydrogens is 268 g/mol. The molecule has 5 heteroatoms. The smallest absolute Gasteiger partial charge is 0.119 e. The molecule has 114 valence electrons. The molecule has 0 aliphatic rings. The summed E-state index contributed by atoms with van der Waals surface area (Å²) in [5.74, 6) is 1.61. The van der Waals surface area contributed by atoms with Crippen LogP contribution in [-0.2, 0) is 13.0 Å². The predicted molar refractivity (Wildman–Crippen MR) is 81.1 cm³/mol. The first-order valence-corrected chi connectivity index (χ1v) is 6.98. The van der Waals surface area contributed by atoms with Crippen molar-refractivity contribution in [2.45, 2.75) is 25.1 Å². The number of hydrogen-bond donors (Lipinski definition) is 3. The highest BCUT2D eigenvalue weighted by atomic mass is 16.5. The first-order valence-electron chi connectivity index (χ1n) is 6.98. The fourth-order valence-corrected chi connectivity index (χ4v) is 2.10. The zero-order chi connectivity index (χ0) is 15.1. The highest BCUT2D eigenvalue weighted by Gasteiger charge is 2.16. The van der Waals surface area contributed by atoms with Gasteiger partial charge in [0, 0.05) is 25.6 Å². The van der Waals surface area contributed by atoms with Gasteiger partial charge in [0.05, 0.1) is 19.5 Å². The molecule has 0 aliphatic heterocycles. The molecule has 0 aliphatic carbocycles. The second kappa shape index (κ2) is 7.83. The van der Waals surface area contributed by atoms with E-state index in [4.69, 9.17) is 14.9 Å². The van der Waals surface area contributed by atoms with Gasteiger partial charge in [-0.15, -0.1) is 0 Å². The minimum Gasteiger partial charge on any atom is -0.497 e. The molecule has 0 radical (unpaired) electrons. The second-order valence-electron chi connectivity index (χ2n) is 5.00. The molecule has 0 spiro atoms. The average Bonchev–Trinajstić information content (AvgIpc) is 3.00. The van der Waals surface area contributed by atoms with E-state index in [0.29, 0.717) is 19.5 Å². The van der Waals surface area contributed by atoms with Crippen LogP contribution in [0.1, 0.15) is 11.3 Å². The summed E-state index contributed by atoms with van der Waals surface area (Å²) in [7, 11) is 1.64. The first-order chi connectivity index (χ1) is 10.2. The van der Waals surface area contributed by atoms with E-state index >= 15 is 0 Å². The molecule has 0 unspecified atom stereocenters. The highest BCUT2D eigenvalue weighted by molar-refractivity contribution is 5.28. The van der Waals surface area contributed by atoms with Crippen LogP contribution in [0.15, 0.2) is 47.1 Å². The molecule has 1 heterocycles. The van der Waals surface area contributed by atoms with E-state index in [9.17, 15) is 5.11 Å². The van der Waals surface area contributed by atoms with Crippen LogP contribution in [0.3, 0.4) is 0 Å². The topological polar surface area (TPSA) is 80.6 Å². The average molecular weight is 290 g/mol. The number of aliphatic hydroxyl groups excluding tert-OH is 1. The third-order valence-electron chi connectivity index (χ3n) is 3.33. The van der Waals surface area contributed by atoms with Crippen molar-refractivity contribution < 1.29 is 14.3 Å². The van der Waals surface area contributed by atoms with E-state index in [1.807, 2.05) is 36.4 Å². The molecule has 0 saturated carbocycles. The Morgan fingerprint density at radius 3 is 2.90 bits per heavy atom. The molecule has 21 heavy (non-hydrogen) atoms. The van der Waals surface area contributed by atoms with Crippen molar-refractivity contribution in [3.8, 4) is 5.75 Å². The van der Waals surface area contributed by atoms with Gasteiger partial charge in [-0.3, -0.25) is 0 Å². The summed E-state index contributed by atoms with van der Waals surface area (Å²) in [6, 6.07) is 11.1. The Bertz CT molecular complexity index is 528. The van der Waals surface area contributed by atoms with E-state index in [1.54, 1.807) is 13.4 Å². The number of nitrogens with one attached hydrogen (secondary N) is 1. The van der Waals surface area contributed by atoms with E-state index in [0.717, 1.165) is 17.1 Å². The minimum atomic E-state index is -0.624. The van der Waals surface area contributed by atoms with Crippen LogP contribution in [0.5, 0.6) is 5.75 Å². The molecule has 0 amide bonds. The summed E-state index contributed by atoms with van der Waals surface area (Å²) >= 11 is 0. The quantitative estimate of drug-likeness (QED) is 0.683. The number of nitrogens with two attached hydrogens (primary N) is 1. The molecule has 4 N–H and O–H groups in total. The molecule has 1 aromatic carbocycles. The largest absolute Gasteiger partial charge is 0.497 e. The predicted octanol–water partition coefficient (Wildman–Crippen LogP) is 1.31. The maximum atomic E-state index is 10.0. The molecule has 2 atom stereocenters. The number of furan rings is 1. The molecule has 1 aromatic heterocycles. The van der Waals surface area contributed by atoms with Gasteiger partial charge in [0.2, 0.25) is 0 Å². The summed E-state index contributed by atoms with van der Waals surface area (Å²) in [6.45, 7) is 1.08. The molecule has 2 aromatic rings. The minimum absolute atomic E-state index is 0.353. The maximum absolute atomic E-state index is 10.0. The van der Waals surface area contributed by atoms with Crippen molar-refractivity contribution in [1.82, 2.24) is 5.32 Å². The fraction of sp³-hybridized carbons (Fsp3) is 0.375. The zero-order valence-corrected chi connectivity index (χ0v) is 12.2. The molecule has 0 fully saturated rings. The van der Waals surface area contributed by atoms with Crippen LogP contribution in [0.25, 0.3) is 0 Å². The third-order valence-corrected chi connectivity index (χ3v) is 3.33. The molecule has 0 saturated heterocycles. The summed E-state index contributed by atoms with van der Waals surface area (Å²) < 4.78 is 10.4. The number of hydrogen-bond acceptors (Lipinski definition) is 5. The summed E-state index contributed by atoms with van der Waals surface area (Å²) in [5, 5.41) is 13.2. The Morgan fingerprint density at radius 2 is 2.19 bits per heavy atom. The van der Waals surface area contributed by atoms with Gasteiger partial charge < -0.3 is 25.3 Å². The van der Waals surface area contributed by atoms with Gasteiger partial charge in [0.15, 0.2) is 0 Å². The van der Waals surface area contributed by atoms with E-state index in [2.05, 4.69) is 5.32 Å². The number of methoxy groups -OCH3 is 1. The van der Waals surface area contributed by atoms with Gasteiger partial charge in [0.1, 0.15) is 11.5 Å². The zero-order valence-electron chi connectivity index (χ0n) is 12.2. The number of ether oxygens (including phenoxy) is 1. The van der Waals surface area contributed by atoms with Gasteiger partial charge in [0.25, 0.3) is 0 Å². The van der Waals surface area contributed by atoms with Crippen LogP contribution < -0.4 is 15.8 Å². The number of rotatable bonds is 8. The lowest BCUT2D eigenvalue weighted by molar-refractivity contribution is 0.139. The van der Waals surface area contributed by atoms with Crippen LogP contribution >= 0.6 is 0 Å². The van der Waals surface area contributed by atoms with Crippen molar-refractivity contribution in [3.05, 3.63) is 54.0 Å². The van der Waals surface area contributed by atoms with Crippen LogP contribution in [0.2, 0.25) is 0 Å². The van der Waals surface area contributed by atoms with Gasteiger partial charge >= 0.3 is 0 Å². The third kappa shape index (κ3) is 4.90. The first kappa shape index (κ1) is 15.6. The van der Waals surface area contributed by atoms with Gasteiger partial charge in [-0.2, -0.15) is 0 Å². The standard InChI is InChI=1S/C16H22N2O3/c1-20-13-5-2-4-12(8-13)10-18-11-16(19)15(17)9-14-6-3-7-21-14/h2-8,15-16,18-19H,9-11,17H2,1H3/t15-,16+/m0/s1. The monoisotopic (exact) mass is 290 g/mol. The normalized spacial score (nSPS) is 13.9. The van der Waals surface area contributed by atoms with Crippen LogP contribution in [0.4, 0.5) is 0 Å². The van der Waals surface area contributed by atoms with Gasteiger partial charge in [-0.05, 0) is 29.8 Å². The van der Waals surface area contributed by atoms with Crippen molar-refractivity contribution in [2.75, 3.05) is 13.7 Å². The number of aliphatic hydroxyl groups is 1. The van der Waals surface area contributed by atoms with Crippen molar-refractivity contribution in [2.24, 2.45) is 5.73 Å². The SMILES string of the molecule is COc1cccc(CNC[C@@H](O)[C@@H](N)Cc2ccco2)c1. The lowest BCUT2D eigenvalue weighted by atomic mass is 10.1. The van der Waals surface area contributed by atoms with Crippen LogP contribution in [0, 0.1) is 0 Å². The Kier molecular flexibility index (Phi) is 5.80. The molecular formula is C16H22N2O3. The van der Waals surface area contributed by atoms with E-state index in [-0.39, 0.29) is 6.04 Å². The lowest BCUT2D eigenvalue weighted by Gasteiger charge is -2.18. The number of benzene rings is 1. The Labute approximate surface area is 124 Å². The Hall–Kier alpha value is -1.82. The second-order valence-corrected chi connectivity index (χ2v) is 5.00. The Morgan fingerprint density at radius 1 is 1.33 bits per heavy atom. The van der Waals surface area contributed by atoms with Crippen LogP contribution in [-0.4, -0.2) is 30.9 Å². The molecule has 5 nitrogen and oxygen atoms in total. The van der Waals surface area contributed by atoms with Gasteiger partial charge in [-0.25, -0.2) is 0 Å². The highest BCUT2D eigenvalue weighted by Crippen LogP contribution is 2.12. The van der Waals surface area contributed by atoms with Crippen molar-refractivity contribution in [3.63, 3.8) is 0 Å². The lowest BCUT2D eigenvalue weighted by Crippen LogP contribution is -2.42. The van der Waals surface area contributed by atoms with Crippen molar-refractivity contribution in [1.29, 1.82) is 0 Å². The Balaban J connectivity index is 1.74. The van der Waals surface area contributed by atoms with E-state index < -0.39 is 6.10 Å². The fourth-order valence-electron chi connectivity index (χ4n) is 2.10. The van der Waals surface area contributed by atoms with E-state index in [1.165, 1.54) is 0 Å². The summed E-state index contributed by atoms with van der Waals surface area (Å²) in [4.78, 5) is 0. The van der Waals surface area contributed by atoms with Crippen molar-refractivity contribution >= 4 is 0 Å². The molecule has 2 rings (SSSR count). The maximum Gasteiger partial charge on any atom is 0.119 e. The summed E-state index contributed by atoms with van der Waals surface area (Å²) in [5.41, 5.74) is 7.06. The summed E-state index contributed by atoms with van der Waals surface area (Å²) in [6.07, 6.45) is 1.51.